The van der Waals surface area contributed by atoms with Gasteiger partial charge in [0.2, 0.25) is 10.0 Å². The highest BCUT2D eigenvalue weighted by Crippen LogP contribution is 2.31. The lowest BCUT2D eigenvalue weighted by atomic mass is 10.2. The van der Waals surface area contributed by atoms with Crippen LogP contribution < -0.4 is 10.5 Å². The second-order valence-electron chi connectivity index (χ2n) is 6.27. The predicted octanol–water partition coefficient (Wildman–Crippen LogP) is 3.83. The molecule has 0 atom stereocenters. The summed E-state index contributed by atoms with van der Waals surface area (Å²) in [5.74, 6) is 1.44. The van der Waals surface area contributed by atoms with Crippen molar-refractivity contribution in [2.24, 2.45) is 10.1 Å². The fourth-order valence-electron chi connectivity index (χ4n) is 2.73. The van der Waals surface area contributed by atoms with Crippen molar-refractivity contribution in [3.8, 4) is 17.1 Å². The van der Waals surface area contributed by atoms with Crippen molar-refractivity contribution in [1.29, 1.82) is 0 Å². The molecule has 0 radical (unpaired) electrons. The highest BCUT2D eigenvalue weighted by molar-refractivity contribution is 8.18. The summed E-state index contributed by atoms with van der Waals surface area (Å²) in [5, 5.41) is 17.1. The number of primary sulfonamides is 1. The molecule has 2 heterocycles. The van der Waals surface area contributed by atoms with Crippen LogP contribution in [0.25, 0.3) is 17.4 Å². The lowest BCUT2D eigenvalue weighted by molar-refractivity contribution is 0.265. The third-order valence-corrected chi connectivity index (χ3v) is 5.84. The summed E-state index contributed by atoms with van der Waals surface area (Å²) >= 11 is 0.979. The van der Waals surface area contributed by atoms with Crippen LogP contribution in [0, 0.1) is 0 Å². The number of nitrogens with two attached hydrogens (primary N) is 1. The average molecular weight is 441 g/mol. The number of thioether (sulfide) groups is 1. The molecular weight excluding hydrogens is 426 g/mol. The Morgan fingerprint density at radius 2 is 1.87 bits per heavy atom. The fraction of sp³-hybridized carbons (Fsp3) is 0. The van der Waals surface area contributed by atoms with E-state index in [1.807, 2.05) is 0 Å². The first-order valence-electron chi connectivity index (χ1n) is 8.60. The first-order chi connectivity index (χ1) is 14.3. The zero-order chi connectivity index (χ0) is 21.3. The van der Waals surface area contributed by atoms with Gasteiger partial charge in [0.05, 0.1) is 15.5 Å². The van der Waals surface area contributed by atoms with Crippen LogP contribution in [0.1, 0.15) is 5.76 Å². The molecule has 1 amide bonds. The van der Waals surface area contributed by atoms with Crippen molar-refractivity contribution in [2.45, 2.75) is 4.90 Å². The highest BCUT2D eigenvalue weighted by atomic mass is 32.2. The molecule has 2 aromatic carbocycles. The molecule has 0 aliphatic carbocycles. The Kier molecular flexibility index (Phi) is 5.20. The number of amidine groups is 1. The molecule has 8 nitrogen and oxygen atoms in total. The normalized spacial score (nSPS) is 16.9. The number of furan rings is 1. The van der Waals surface area contributed by atoms with Gasteiger partial charge in [0.25, 0.3) is 5.24 Å². The van der Waals surface area contributed by atoms with E-state index in [1.165, 1.54) is 24.3 Å². The van der Waals surface area contributed by atoms with E-state index in [4.69, 9.17) is 9.56 Å². The molecule has 0 spiro atoms. The number of rotatable bonds is 4. The summed E-state index contributed by atoms with van der Waals surface area (Å²) in [5.41, 5.74) is 1.17. The maximum absolute atomic E-state index is 11.8. The molecule has 4 N–H and O–H groups in total. The number of carbonyl (C=O) groups excluding carboxylic acids is 1. The maximum Gasteiger partial charge on any atom is 0.289 e. The van der Waals surface area contributed by atoms with Crippen LogP contribution in [0.4, 0.5) is 10.5 Å². The molecule has 0 saturated carbocycles. The van der Waals surface area contributed by atoms with Gasteiger partial charge < -0.3 is 14.8 Å². The summed E-state index contributed by atoms with van der Waals surface area (Å²) in [6.07, 6.45) is 1.67. The van der Waals surface area contributed by atoms with Gasteiger partial charge in [0, 0.05) is 11.6 Å². The number of phenols is 1. The van der Waals surface area contributed by atoms with Gasteiger partial charge >= 0.3 is 0 Å². The Balaban J connectivity index is 1.61. The van der Waals surface area contributed by atoms with Gasteiger partial charge in [-0.3, -0.25) is 4.79 Å². The number of aromatic hydroxyl groups is 1. The van der Waals surface area contributed by atoms with Crippen LogP contribution >= 0.6 is 11.8 Å². The third kappa shape index (κ3) is 4.46. The summed E-state index contributed by atoms with van der Waals surface area (Å²) < 4.78 is 28.5. The molecule has 152 valence electrons. The van der Waals surface area contributed by atoms with Crippen molar-refractivity contribution >= 4 is 44.6 Å². The molecule has 10 heteroatoms. The number of benzene rings is 2. The monoisotopic (exact) mass is 441 g/mol. The maximum atomic E-state index is 11.8. The Hall–Kier alpha value is -3.34. The minimum Gasteiger partial charge on any atom is -0.508 e. The Morgan fingerprint density at radius 1 is 1.10 bits per heavy atom. The second-order valence-corrected chi connectivity index (χ2v) is 8.85. The van der Waals surface area contributed by atoms with Gasteiger partial charge in [-0.2, -0.15) is 0 Å². The molecule has 1 aromatic heterocycles. The lowest BCUT2D eigenvalue weighted by Crippen LogP contribution is -2.18. The first kappa shape index (κ1) is 20.0. The summed E-state index contributed by atoms with van der Waals surface area (Å²) in [7, 11) is -3.76. The molecule has 0 bridgehead atoms. The largest absolute Gasteiger partial charge is 0.508 e. The number of phenolic OH excluding ortho intramolecular Hbond substituents is 1. The molecule has 3 aromatic rings. The van der Waals surface area contributed by atoms with E-state index < -0.39 is 10.0 Å². The Bertz CT molecular complexity index is 1290. The van der Waals surface area contributed by atoms with Crippen molar-refractivity contribution in [3.63, 3.8) is 0 Å². The predicted molar refractivity (Wildman–Crippen MR) is 115 cm³/mol. The van der Waals surface area contributed by atoms with E-state index in [1.54, 1.807) is 42.5 Å². The van der Waals surface area contributed by atoms with Crippen molar-refractivity contribution in [1.82, 2.24) is 5.32 Å². The number of aliphatic imine (C=N–C) groups is 1. The molecule has 4 rings (SSSR count). The number of hydrogen-bond donors (Lipinski definition) is 3. The quantitative estimate of drug-likeness (QED) is 0.563. The van der Waals surface area contributed by atoms with E-state index in [9.17, 15) is 18.3 Å². The number of amides is 1. The highest BCUT2D eigenvalue weighted by Gasteiger charge is 2.24. The zero-order valence-corrected chi connectivity index (χ0v) is 16.9. The van der Waals surface area contributed by atoms with Gasteiger partial charge in [-0.1, -0.05) is 6.07 Å². The van der Waals surface area contributed by atoms with Crippen molar-refractivity contribution in [2.75, 3.05) is 0 Å². The molecule has 1 aliphatic heterocycles. The Morgan fingerprint density at radius 3 is 2.57 bits per heavy atom. The lowest BCUT2D eigenvalue weighted by Gasteiger charge is -2.01. The molecular formula is C20H15N3O5S2. The van der Waals surface area contributed by atoms with Crippen LogP contribution in [0.5, 0.6) is 5.75 Å². The SMILES string of the molecule is NS(=O)(=O)c1ccc(-c2ccc(C=C3SC(=O)NC3=Nc3cccc(O)c3)o2)cc1. The first-order valence-corrected chi connectivity index (χ1v) is 11.0. The van der Waals surface area contributed by atoms with Crippen LogP contribution in [0.15, 0.2) is 79.9 Å². The third-order valence-electron chi connectivity index (χ3n) is 4.09. The number of nitrogens with one attached hydrogen (secondary N) is 1. The fourth-order valence-corrected chi connectivity index (χ4v) is 3.96. The molecule has 0 unspecified atom stereocenters. The number of carbonyl (C=O) groups is 1. The van der Waals surface area contributed by atoms with Crippen LogP contribution in [0.2, 0.25) is 0 Å². The molecule has 30 heavy (non-hydrogen) atoms. The number of hydrogen-bond acceptors (Lipinski definition) is 7. The molecule has 1 aliphatic rings. The summed E-state index contributed by atoms with van der Waals surface area (Å²) in [6.45, 7) is 0. The van der Waals surface area contributed by atoms with E-state index in [-0.39, 0.29) is 15.9 Å². The van der Waals surface area contributed by atoms with Crippen molar-refractivity contribution in [3.05, 3.63) is 71.3 Å². The second kappa shape index (κ2) is 7.82. The van der Waals surface area contributed by atoms with Crippen LogP contribution in [0.3, 0.4) is 0 Å². The molecule has 1 saturated heterocycles. The molecule has 1 fully saturated rings. The topological polar surface area (TPSA) is 135 Å². The zero-order valence-electron chi connectivity index (χ0n) is 15.3. The van der Waals surface area contributed by atoms with E-state index >= 15 is 0 Å². The van der Waals surface area contributed by atoms with E-state index in [0.717, 1.165) is 11.8 Å². The smallest absolute Gasteiger partial charge is 0.289 e. The van der Waals surface area contributed by atoms with Crippen molar-refractivity contribution < 1.29 is 22.7 Å². The standard InChI is InChI=1S/C20H15N3O5S2/c21-30(26,27)16-7-4-12(5-8-16)17-9-6-15(28-17)11-18-19(23-20(25)29-18)22-13-2-1-3-14(24)10-13/h1-11,24H,(H2,21,26,27)(H,22,23,25). The van der Waals surface area contributed by atoms with E-state index in [0.29, 0.717) is 33.5 Å². The van der Waals surface area contributed by atoms with Gasteiger partial charge in [0.1, 0.15) is 23.1 Å². The van der Waals surface area contributed by atoms with Gasteiger partial charge in [-0.15, -0.1) is 0 Å². The van der Waals surface area contributed by atoms with Gasteiger partial charge in [-0.25, -0.2) is 18.5 Å². The summed E-state index contributed by atoms with van der Waals surface area (Å²) in [6, 6.07) is 15.8. The minimum atomic E-state index is -3.76. The number of sulfonamides is 1. The van der Waals surface area contributed by atoms with E-state index in [2.05, 4.69) is 10.3 Å². The minimum absolute atomic E-state index is 0.0138. The number of nitrogens with zero attached hydrogens (tertiary/aromatic N) is 1. The van der Waals surface area contributed by atoms with Gasteiger partial charge in [0.15, 0.2) is 0 Å². The average Bonchev–Trinajstić information content (AvgIpc) is 3.28. The van der Waals surface area contributed by atoms with Gasteiger partial charge in [-0.05, 0) is 66.4 Å². The Labute approximate surface area is 176 Å². The van der Waals surface area contributed by atoms with Crippen LogP contribution in [-0.4, -0.2) is 24.6 Å². The van der Waals surface area contributed by atoms with Crippen LogP contribution in [-0.2, 0) is 10.0 Å². The summed E-state index contributed by atoms with van der Waals surface area (Å²) in [4.78, 5) is 16.8.